The number of hydrogen-bond acceptors (Lipinski definition) is 6. The van der Waals surface area contributed by atoms with Gasteiger partial charge in [-0.05, 0) is 50.4 Å². The molecule has 164 valence electrons. The van der Waals surface area contributed by atoms with E-state index in [1.807, 2.05) is 24.1 Å². The summed E-state index contributed by atoms with van der Waals surface area (Å²) in [4.78, 5) is 29.6. The molecule has 2 heterocycles. The fraction of sp³-hybridized carbons (Fsp3) is 0.652. The average molecular weight is 417 g/mol. The Labute approximate surface area is 178 Å². The third-order valence-electron chi connectivity index (χ3n) is 7.09. The van der Waals surface area contributed by atoms with E-state index in [0.29, 0.717) is 5.56 Å². The zero-order chi connectivity index (χ0) is 21.3. The van der Waals surface area contributed by atoms with E-state index in [4.69, 9.17) is 14.2 Å². The Morgan fingerprint density at radius 1 is 1.17 bits per heavy atom. The van der Waals surface area contributed by atoms with Crippen LogP contribution in [0.4, 0.5) is 0 Å². The number of methoxy groups -OCH3 is 2. The molecule has 7 heteroatoms. The zero-order valence-electron chi connectivity index (χ0n) is 18.1. The number of esters is 1. The van der Waals surface area contributed by atoms with Crippen molar-refractivity contribution in [1.29, 1.82) is 0 Å². The number of hydrogen-bond donors (Lipinski definition) is 0. The van der Waals surface area contributed by atoms with Gasteiger partial charge in [-0.2, -0.15) is 0 Å². The van der Waals surface area contributed by atoms with Crippen molar-refractivity contribution in [2.24, 2.45) is 0 Å². The van der Waals surface area contributed by atoms with E-state index in [1.54, 1.807) is 20.3 Å². The molecule has 0 aromatic heterocycles. The average Bonchev–Trinajstić information content (AvgIpc) is 3.43. The number of carbonyl (C=O) groups is 2. The lowest BCUT2D eigenvalue weighted by molar-refractivity contribution is -0.140. The molecule has 0 radical (unpaired) electrons. The molecular formula is C23H32N2O5. The van der Waals surface area contributed by atoms with Gasteiger partial charge in [-0.1, -0.05) is 12.1 Å². The van der Waals surface area contributed by atoms with E-state index < -0.39 is 0 Å². The Bertz CT molecular complexity index is 792. The molecular weight excluding hydrogens is 384 g/mol. The Morgan fingerprint density at radius 3 is 2.57 bits per heavy atom. The van der Waals surface area contributed by atoms with Crippen LogP contribution in [0.25, 0.3) is 0 Å². The van der Waals surface area contributed by atoms with E-state index in [2.05, 4.69) is 4.90 Å². The lowest BCUT2D eigenvalue weighted by atomic mass is 9.84. The smallest absolute Gasteiger partial charge is 0.338 e. The van der Waals surface area contributed by atoms with Gasteiger partial charge in [-0.15, -0.1) is 0 Å². The number of likely N-dealkylation sites (tertiary alicyclic amines) is 1. The van der Waals surface area contributed by atoms with Crippen LogP contribution in [0.1, 0.15) is 47.2 Å². The third-order valence-corrected chi connectivity index (χ3v) is 7.09. The minimum Gasteiger partial charge on any atom is -0.457 e. The summed E-state index contributed by atoms with van der Waals surface area (Å²) in [6.45, 7) is 2.40. The molecule has 30 heavy (non-hydrogen) atoms. The largest absolute Gasteiger partial charge is 0.457 e. The Hall–Kier alpha value is -1.96. The standard InChI is InChI=1S/C23H32N2O5/c1-24(22(26)11-15-7-6-8-16-17(15)14-30-23(16)27)18-12-20(28-2)21(29-3)13-19(18)25-9-4-5-10-25/h6-8,18-21H,4-5,9-14H2,1-3H3. The molecule has 2 aliphatic heterocycles. The fourth-order valence-electron chi connectivity index (χ4n) is 5.32. The van der Waals surface area contributed by atoms with Crippen LogP contribution < -0.4 is 0 Å². The second-order valence-corrected chi connectivity index (χ2v) is 8.60. The first-order valence-corrected chi connectivity index (χ1v) is 10.9. The molecule has 1 aromatic carbocycles. The van der Waals surface area contributed by atoms with Crippen LogP contribution in [-0.4, -0.2) is 80.3 Å². The highest BCUT2D eigenvalue weighted by Gasteiger charge is 2.43. The first kappa shape index (κ1) is 21.3. The molecule has 4 atom stereocenters. The van der Waals surface area contributed by atoms with Gasteiger partial charge in [0, 0.05) is 38.9 Å². The number of cyclic esters (lactones) is 1. The third kappa shape index (κ3) is 3.98. The summed E-state index contributed by atoms with van der Waals surface area (Å²) >= 11 is 0. The van der Waals surface area contributed by atoms with E-state index in [0.717, 1.165) is 37.1 Å². The molecule has 1 saturated heterocycles. The summed E-state index contributed by atoms with van der Waals surface area (Å²) in [7, 11) is 5.36. The van der Waals surface area contributed by atoms with Gasteiger partial charge in [0.15, 0.2) is 0 Å². The Morgan fingerprint density at radius 2 is 1.87 bits per heavy atom. The van der Waals surface area contributed by atoms with E-state index >= 15 is 0 Å². The molecule has 0 bridgehead atoms. The summed E-state index contributed by atoms with van der Waals surface area (Å²) < 4.78 is 16.6. The lowest BCUT2D eigenvalue weighted by Crippen LogP contribution is -2.59. The maximum absolute atomic E-state index is 13.3. The van der Waals surface area contributed by atoms with Crippen LogP contribution in [0.2, 0.25) is 0 Å². The molecule has 4 rings (SSSR count). The first-order valence-electron chi connectivity index (χ1n) is 10.9. The molecule has 4 unspecified atom stereocenters. The fourth-order valence-corrected chi connectivity index (χ4v) is 5.32. The minimum atomic E-state index is -0.303. The summed E-state index contributed by atoms with van der Waals surface area (Å²) in [6.07, 6.45) is 4.31. The highest BCUT2D eigenvalue weighted by Crippen LogP contribution is 2.33. The number of rotatable bonds is 6. The van der Waals surface area contributed by atoms with Gasteiger partial charge in [0.1, 0.15) is 6.61 Å². The van der Waals surface area contributed by atoms with E-state index in [-0.39, 0.29) is 49.2 Å². The van der Waals surface area contributed by atoms with Crippen molar-refractivity contribution < 1.29 is 23.8 Å². The van der Waals surface area contributed by atoms with Crippen molar-refractivity contribution >= 4 is 11.9 Å². The van der Waals surface area contributed by atoms with Crippen LogP contribution in [0.3, 0.4) is 0 Å². The maximum Gasteiger partial charge on any atom is 0.338 e. The number of nitrogens with zero attached hydrogens (tertiary/aromatic N) is 2. The number of likely N-dealkylation sites (N-methyl/N-ethyl adjacent to an activating group) is 1. The molecule has 3 aliphatic rings. The van der Waals surface area contributed by atoms with Crippen LogP contribution in [-0.2, 0) is 32.0 Å². The molecule has 1 aromatic rings. The topological polar surface area (TPSA) is 68.3 Å². The number of ether oxygens (including phenoxy) is 3. The van der Waals surface area contributed by atoms with Crippen LogP contribution in [0.15, 0.2) is 18.2 Å². The van der Waals surface area contributed by atoms with Crippen LogP contribution in [0.5, 0.6) is 0 Å². The number of fused-ring (bicyclic) bond motifs is 1. The Kier molecular flexibility index (Phi) is 6.41. The second kappa shape index (κ2) is 9.04. The van der Waals surface area contributed by atoms with Gasteiger partial charge in [0.25, 0.3) is 0 Å². The molecule has 1 amide bonds. The summed E-state index contributed by atoms with van der Waals surface area (Å²) in [5, 5.41) is 0. The van der Waals surface area contributed by atoms with E-state index in [9.17, 15) is 9.59 Å². The minimum absolute atomic E-state index is 0.0268. The van der Waals surface area contributed by atoms with E-state index in [1.165, 1.54) is 12.8 Å². The zero-order valence-corrected chi connectivity index (χ0v) is 18.1. The van der Waals surface area contributed by atoms with Crippen LogP contribution in [0, 0.1) is 0 Å². The van der Waals surface area contributed by atoms with Crippen molar-refractivity contribution in [3.63, 3.8) is 0 Å². The predicted molar refractivity (Wildman–Crippen MR) is 111 cm³/mol. The van der Waals surface area contributed by atoms with Crippen LogP contribution >= 0.6 is 0 Å². The maximum atomic E-state index is 13.3. The highest BCUT2D eigenvalue weighted by molar-refractivity contribution is 5.94. The molecule has 7 nitrogen and oxygen atoms in total. The summed E-state index contributed by atoms with van der Waals surface area (Å²) in [5.41, 5.74) is 2.30. The SMILES string of the molecule is COC1CC(N2CCCC2)C(N(C)C(=O)Cc2cccc3c2COC3=O)CC1OC. The van der Waals surface area contributed by atoms with Gasteiger partial charge in [0.2, 0.25) is 5.91 Å². The monoisotopic (exact) mass is 416 g/mol. The molecule has 2 fully saturated rings. The number of amides is 1. The van der Waals surface area contributed by atoms with Gasteiger partial charge in [-0.25, -0.2) is 4.79 Å². The van der Waals surface area contributed by atoms with Crippen molar-refractivity contribution in [1.82, 2.24) is 9.80 Å². The van der Waals surface area contributed by atoms with Gasteiger partial charge >= 0.3 is 5.97 Å². The van der Waals surface area contributed by atoms with Gasteiger partial charge in [0.05, 0.1) is 24.2 Å². The van der Waals surface area contributed by atoms with Crippen molar-refractivity contribution in [2.45, 2.75) is 63.0 Å². The lowest BCUT2D eigenvalue weighted by Gasteiger charge is -2.47. The molecule has 0 spiro atoms. The first-order chi connectivity index (χ1) is 14.5. The molecule has 1 aliphatic carbocycles. The normalized spacial score (nSPS) is 29.0. The van der Waals surface area contributed by atoms with Crippen molar-refractivity contribution in [2.75, 3.05) is 34.4 Å². The Balaban J connectivity index is 1.53. The quantitative estimate of drug-likeness (QED) is 0.661. The molecule has 1 saturated carbocycles. The second-order valence-electron chi connectivity index (χ2n) is 8.60. The molecule has 0 N–H and O–H groups in total. The predicted octanol–water partition coefficient (Wildman–Crippen LogP) is 2.01. The number of benzene rings is 1. The van der Waals surface area contributed by atoms with Gasteiger partial charge < -0.3 is 19.1 Å². The summed E-state index contributed by atoms with van der Waals surface area (Å²) in [6, 6.07) is 5.85. The van der Waals surface area contributed by atoms with Crippen molar-refractivity contribution in [3.05, 3.63) is 34.9 Å². The van der Waals surface area contributed by atoms with Crippen molar-refractivity contribution in [3.8, 4) is 0 Å². The summed E-state index contributed by atoms with van der Waals surface area (Å²) in [5.74, 6) is -0.245. The number of carbonyl (C=O) groups excluding carboxylic acids is 2. The van der Waals surface area contributed by atoms with Gasteiger partial charge in [-0.3, -0.25) is 9.69 Å². The highest BCUT2D eigenvalue weighted by atomic mass is 16.5.